The SMILES string of the molecule is Cc1cc(CS(=O)(=O)c2ccsc2)nc(C(F)(F)F)n1. The average Bonchev–Trinajstić information content (AvgIpc) is 2.79. The summed E-state index contributed by atoms with van der Waals surface area (Å²) in [6.07, 6.45) is -4.70. The van der Waals surface area contributed by atoms with E-state index in [1.807, 2.05) is 0 Å². The van der Waals surface area contributed by atoms with Gasteiger partial charge in [-0.15, -0.1) is 0 Å². The molecule has 0 fully saturated rings. The molecule has 0 radical (unpaired) electrons. The zero-order valence-corrected chi connectivity index (χ0v) is 11.8. The minimum atomic E-state index is -4.70. The number of sulfone groups is 1. The van der Waals surface area contributed by atoms with Gasteiger partial charge in [-0.3, -0.25) is 0 Å². The van der Waals surface area contributed by atoms with E-state index in [9.17, 15) is 21.6 Å². The second-order valence-corrected chi connectivity index (χ2v) is 6.81. The highest BCUT2D eigenvalue weighted by atomic mass is 32.2. The fourth-order valence-electron chi connectivity index (χ4n) is 1.54. The monoisotopic (exact) mass is 322 g/mol. The highest BCUT2D eigenvalue weighted by molar-refractivity contribution is 7.90. The third-order valence-corrected chi connectivity index (χ3v) is 4.83. The Morgan fingerprint density at radius 3 is 2.55 bits per heavy atom. The van der Waals surface area contributed by atoms with Crippen LogP contribution in [0, 0.1) is 6.92 Å². The number of alkyl halides is 3. The summed E-state index contributed by atoms with van der Waals surface area (Å²) in [5, 5.41) is 3.01. The number of aromatic nitrogens is 2. The lowest BCUT2D eigenvalue weighted by Gasteiger charge is -2.08. The van der Waals surface area contributed by atoms with Crippen molar-refractivity contribution in [2.45, 2.75) is 23.7 Å². The topological polar surface area (TPSA) is 59.9 Å². The number of rotatable bonds is 3. The number of nitrogens with zero attached hydrogens (tertiary/aromatic N) is 2. The summed E-state index contributed by atoms with van der Waals surface area (Å²) in [5.74, 6) is -1.91. The van der Waals surface area contributed by atoms with Gasteiger partial charge in [-0.1, -0.05) is 0 Å². The zero-order chi connectivity index (χ0) is 15.0. The van der Waals surface area contributed by atoms with Crippen molar-refractivity contribution < 1.29 is 21.6 Å². The summed E-state index contributed by atoms with van der Waals surface area (Å²) in [6.45, 7) is 1.36. The summed E-state index contributed by atoms with van der Waals surface area (Å²) in [7, 11) is -3.70. The maximum absolute atomic E-state index is 12.6. The van der Waals surface area contributed by atoms with Crippen LogP contribution in [0.3, 0.4) is 0 Å². The smallest absolute Gasteiger partial charge is 0.230 e. The third-order valence-electron chi connectivity index (χ3n) is 2.35. The van der Waals surface area contributed by atoms with Crippen LogP contribution in [0.25, 0.3) is 0 Å². The average molecular weight is 322 g/mol. The summed E-state index contributed by atoms with van der Waals surface area (Å²) < 4.78 is 61.7. The summed E-state index contributed by atoms with van der Waals surface area (Å²) in [6, 6.07) is 2.64. The second kappa shape index (κ2) is 5.13. The fourth-order valence-corrected chi connectivity index (χ4v) is 3.88. The standard InChI is InChI=1S/C11H9F3N2O2S2/c1-7-4-8(16-10(15-7)11(12,13)14)6-20(17,18)9-2-3-19-5-9/h2-5H,6H2,1H3. The number of hydrogen-bond donors (Lipinski definition) is 0. The predicted molar refractivity (Wildman–Crippen MR) is 67.0 cm³/mol. The van der Waals surface area contributed by atoms with Gasteiger partial charge in [0, 0.05) is 11.1 Å². The molecule has 9 heteroatoms. The van der Waals surface area contributed by atoms with Gasteiger partial charge >= 0.3 is 6.18 Å². The Bertz CT molecular complexity index is 710. The zero-order valence-electron chi connectivity index (χ0n) is 10.2. The van der Waals surface area contributed by atoms with Crippen molar-refractivity contribution in [1.82, 2.24) is 9.97 Å². The number of halogens is 3. The van der Waals surface area contributed by atoms with E-state index in [1.165, 1.54) is 35.8 Å². The minimum absolute atomic E-state index is 0.0721. The normalized spacial score (nSPS) is 12.6. The van der Waals surface area contributed by atoms with Gasteiger partial charge in [-0.25, -0.2) is 18.4 Å². The van der Waals surface area contributed by atoms with Crippen molar-refractivity contribution in [2.75, 3.05) is 0 Å². The van der Waals surface area contributed by atoms with E-state index < -0.39 is 27.6 Å². The van der Waals surface area contributed by atoms with Gasteiger partial charge < -0.3 is 0 Å². The van der Waals surface area contributed by atoms with Gasteiger partial charge in [-0.05, 0) is 24.4 Å². The van der Waals surface area contributed by atoms with E-state index in [0.717, 1.165) is 0 Å². The maximum Gasteiger partial charge on any atom is 0.451 e. The summed E-state index contributed by atoms with van der Waals surface area (Å²) in [4.78, 5) is 6.63. The van der Waals surface area contributed by atoms with Crippen molar-refractivity contribution in [3.8, 4) is 0 Å². The van der Waals surface area contributed by atoms with Crippen molar-refractivity contribution in [3.63, 3.8) is 0 Å². The molecule has 0 aliphatic carbocycles. The van der Waals surface area contributed by atoms with E-state index in [2.05, 4.69) is 9.97 Å². The Labute approximate surface area is 117 Å². The van der Waals surface area contributed by atoms with Crippen molar-refractivity contribution in [1.29, 1.82) is 0 Å². The molecule has 2 rings (SSSR count). The molecule has 0 spiro atoms. The van der Waals surface area contributed by atoms with Crippen LogP contribution in [0.4, 0.5) is 13.2 Å². The minimum Gasteiger partial charge on any atom is -0.230 e. The summed E-state index contributed by atoms with van der Waals surface area (Å²) >= 11 is 1.20. The molecule has 0 aliphatic heterocycles. The molecule has 2 aromatic heterocycles. The first-order valence-corrected chi connectivity index (χ1v) is 7.95. The first-order chi connectivity index (χ1) is 9.18. The maximum atomic E-state index is 12.6. The van der Waals surface area contributed by atoms with E-state index in [1.54, 1.807) is 5.38 Å². The molecule has 108 valence electrons. The molecule has 0 bridgehead atoms. The van der Waals surface area contributed by atoms with E-state index in [-0.39, 0.29) is 16.3 Å². The molecular formula is C11H9F3N2O2S2. The van der Waals surface area contributed by atoms with Crippen LogP contribution in [-0.4, -0.2) is 18.4 Å². The van der Waals surface area contributed by atoms with Crippen molar-refractivity contribution >= 4 is 21.2 Å². The van der Waals surface area contributed by atoms with E-state index >= 15 is 0 Å². The first-order valence-electron chi connectivity index (χ1n) is 5.35. The number of hydrogen-bond acceptors (Lipinski definition) is 5. The Morgan fingerprint density at radius 2 is 2.00 bits per heavy atom. The van der Waals surface area contributed by atoms with Crippen LogP contribution in [0.15, 0.2) is 27.8 Å². The number of aryl methyl sites for hydroxylation is 1. The van der Waals surface area contributed by atoms with Crippen LogP contribution < -0.4 is 0 Å². The van der Waals surface area contributed by atoms with Gasteiger partial charge in [0.15, 0.2) is 9.84 Å². The van der Waals surface area contributed by atoms with Crippen molar-refractivity contribution in [2.24, 2.45) is 0 Å². The van der Waals surface area contributed by atoms with Gasteiger partial charge in [-0.2, -0.15) is 24.5 Å². The highest BCUT2D eigenvalue weighted by Crippen LogP contribution is 2.27. The highest BCUT2D eigenvalue weighted by Gasteiger charge is 2.35. The summed E-state index contributed by atoms with van der Waals surface area (Å²) in [5.41, 5.74) is -0.0983. The molecule has 2 aromatic rings. The van der Waals surface area contributed by atoms with Gasteiger partial charge in [0.25, 0.3) is 0 Å². The largest absolute Gasteiger partial charge is 0.451 e. The quantitative estimate of drug-likeness (QED) is 0.872. The van der Waals surface area contributed by atoms with Gasteiger partial charge in [0.2, 0.25) is 5.82 Å². The van der Waals surface area contributed by atoms with E-state index in [4.69, 9.17) is 0 Å². The molecule has 0 amide bonds. The Balaban J connectivity index is 2.38. The molecule has 0 aliphatic rings. The molecule has 0 N–H and O–H groups in total. The molecular weight excluding hydrogens is 313 g/mol. The van der Waals surface area contributed by atoms with Crippen LogP contribution in [0.2, 0.25) is 0 Å². The molecule has 0 unspecified atom stereocenters. The van der Waals surface area contributed by atoms with Crippen molar-refractivity contribution in [3.05, 3.63) is 40.1 Å². The molecule has 0 saturated heterocycles. The lowest BCUT2D eigenvalue weighted by Crippen LogP contribution is -2.15. The molecule has 2 heterocycles. The van der Waals surface area contributed by atoms with Gasteiger partial charge in [0.05, 0.1) is 16.3 Å². The Kier molecular flexibility index (Phi) is 3.83. The molecule has 0 saturated carbocycles. The predicted octanol–water partition coefficient (Wildman–Crippen LogP) is 2.84. The number of thiophene rings is 1. The lowest BCUT2D eigenvalue weighted by molar-refractivity contribution is -0.145. The second-order valence-electron chi connectivity index (χ2n) is 4.04. The lowest BCUT2D eigenvalue weighted by atomic mass is 10.3. The first kappa shape index (κ1) is 14.9. The molecule has 20 heavy (non-hydrogen) atoms. The molecule has 0 atom stereocenters. The Hall–Kier alpha value is -1.48. The molecule has 4 nitrogen and oxygen atoms in total. The fraction of sp³-hybridized carbons (Fsp3) is 0.273. The third kappa shape index (κ3) is 3.34. The molecule has 0 aromatic carbocycles. The Morgan fingerprint density at radius 1 is 1.30 bits per heavy atom. The van der Waals surface area contributed by atoms with Crippen LogP contribution in [0.1, 0.15) is 17.2 Å². The van der Waals surface area contributed by atoms with E-state index in [0.29, 0.717) is 0 Å². The van der Waals surface area contributed by atoms with Crippen LogP contribution in [0.5, 0.6) is 0 Å². The van der Waals surface area contributed by atoms with Crippen LogP contribution in [-0.2, 0) is 21.8 Å². The van der Waals surface area contributed by atoms with Crippen LogP contribution >= 0.6 is 11.3 Å². The van der Waals surface area contributed by atoms with Gasteiger partial charge in [0.1, 0.15) is 0 Å².